The van der Waals surface area contributed by atoms with Crippen LogP contribution in [-0.2, 0) is 21.4 Å². The van der Waals surface area contributed by atoms with Crippen LogP contribution in [0.15, 0.2) is 59.6 Å². The highest BCUT2D eigenvalue weighted by Gasteiger charge is 2.41. The Labute approximate surface area is 186 Å². The fourth-order valence-electron chi connectivity index (χ4n) is 4.72. The number of hydrogen-bond donors (Lipinski definition) is 0. The third-order valence-corrected chi connectivity index (χ3v) is 6.58. The van der Waals surface area contributed by atoms with Crippen LogP contribution in [0, 0.1) is 24.2 Å². The molecule has 3 rings (SSSR count). The zero-order chi connectivity index (χ0) is 22.3. The molecule has 0 bridgehead atoms. The standard InChI is InChI=1S/C28H33NO2/c1-5-11-22-12-9-10-13-23(22)19-29-20-27(30)31-26-18-21(2)16-17-25(26)28(3,4)24-14-7-6-8-15-24/h1,6-10,12-15,19,21,25-26H,11,16-18,20H2,2-4H3/t21-,25-,26-/m1/s1. The SMILES string of the molecule is C#CCc1ccccc1C=NCC(=O)O[C@@H]1C[C@H](C)CC[C@H]1C(C)(C)c1ccccc1. The van der Waals surface area contributed by atoms with Gasteiger partial charge in [0.25, 0.3) is 0 Å². The highest BCUT2D eigenvalue weighted by Crippen LogP contribution is 2.43. The Morgan fingerprint density at radius 3 is 2.61 bits per heavy atom. The molecule has 0 heterocycles. The summed E-state index contributed by atoms with van der Waals surface area (Å²) in [4.78, 5) is 17.0. The molecule has 0 unspecified atom stereocenters. The molecular weight excluding hydrogens is 382 g/mol. The lowest BCUT2D eigenvalue weighted by Gasteiger charge is -2.43. The number of carbonyl (C=O) groups excluding carboxylic acids is 1. The molecule has 162 valence electrons. The van der Waals surface area contributed by atoms with E-state index in [1.54, 1.807) is 6.21 Å². The maximum atomic E-state index is 12.7. The van der Waals surface area contributed by atoms with E-state index >= 15 is 0 Å². The lowest BCUT2D eigenvalue weighted by Crippen LogP contribution is -2.43. The van der Waals surface area contributed by atoms with Gasteiger partial charge in [-0.3, -0.25) is 9.79 Å². The fraction of sp³-hybridized carbons (Fsp3) is 0.429. The quantitative estimate of drug-likeness (QED) is 0.335. The van der Waals surface area contributed by atoms with Crippen molar-refractivity contribution in [2.24, 2.45) is 16.8 Å². The molecule has 0 amide bonds. The van der Waals surface area contributed by atoms with E-state index in [4.69, 9.17) is 11.2 Å². The Morgan fingerprint density at radius 1 is 1.16 bits per heavy atom. The number of carbonyl (C=O) groups is 1. The molecule has 31 heavy (non-hydrogen) atoms. The van der Waals surface area contributed by atoms with Crippen LogP contribution in [0.5, 0.6) is 0 Å². The molecule has 3 heteroatoms. The number of benzene rings is 2. The van der Waals surface area contributed by atoms with Crippen molar-refractivity contribution >= 4 is 12.2 Å². The van der Waals surface area contributed by atoms with Gasteiger partial charge < -0.3 is 4.74 Å². The number of aliphatic imine (C=N–C) groups is 1. The highest BCUT2D eigenvalue weighted by molar-refractivity contribution is 5.84. The first-order valence-corrected chi connectivity index (χ1v) is 11.2. The topological polar surface area (TPSA) is 38.7 Å². The molecule has 3 nitrogen and oxygen atoms in total. The first kappa shape index (κ1) is 22.8. The van der Waals surface area contributed by atoms with Gasteiger partial charge in [0.15, 0.2) is 0 Å². The minimum absolute atomic E-state index is 0.0216. The number of esters is 1. The second-order valence-corrected chi connectivity index (χ2v) is 9.19. The second kappa shape index (κ2) is 10.4. The normalized spacial score (nSPS) is 21.5. The molecule has 1 saturated carbocycles. The lowest BCUT2D eigenvalue weighted by atomic mass is 9.64. The Morgan fingerprint density at radius 2 is 1.87 bits per heavy atom. The number of ether oxygens (including phenoxy) is 1. The van der Waals surface area contributed by atoms with E-state index in [1.165, 1.54) is 12.0 Å². The van der Waals surface area contributed by atoms with Crippen molar-refractivity contribution < 1.29 is 9.53 Å². The first-order chi connectivity index (χ1) is 14.9. The molecule has 1 fully saturated rings. The maximum Gasteiger partial charge on any atom is 0.327 e. The third kappa shape index (κ3) is 5.85. The van der Waals surface area contributed by atoms with Crippen molar-refractivity contribution in [3.05, 3.63) is 71.3 Å². The molecule has 2 aromatic rings. The van der Waals surface area contributed by atoms with Crippen molar-refractivity contribution in [1.82, 2.24) is 0 Å². The van der Waals surface area contributed by atoms with E-state index in [0.29, 0.717) is 12.3 Å². The summed E-state index contributed by atoms with van der Waals surface area (Å²) in [5, 5.41) is 0. The molecule has 1 aliphatic carbocycles. The van der Waals surface area contributed by atoms with Crippen molar-refractivity contribution in [1.29, 1.82) is 0 Å². The van der Waals surface area contributed by atoms with E-state index < -0.39 is 0 Å². The summed E-state index contributed by atoms with van der Waals surface area (Å²) in [5.41, 5.74) is 3.21. The van der Waals surface area contributed by atoms with Gasteiger partial charge in [-0.25, -0.2) is 0 Å². The van der Waals surface area contributed by atoms with Crippen LogP contribution >= 0.6 is 0 Å². The first-order valence-electron chi connectivity index (χ1n) is 11.2. The van der Waals surface area contributed by atoms with E-state index in [-0.39, 0.29) is 30.0 Å². The Kier molecular flexibility index (Phi) is 7.69. The minimum atomic E-state index is -0.265. The van der Waals surface area contributed by atoms with Crippen molar-refractivity contribution in [3.8, 4) is 12.3 Å². The van der Waals surface area contributed by atoms with Crippen LogP contribution in [0.25, 0.3) is 0 Å². The molecule has 1 aliphatic rings. The largest absolute Gasteiger partial charge is 0.461 e. The molecular formula is C28H33NO2. The molecule has 0 spiro atoms. The zero-order valence-corrected chi connectivity index (χ0v) is 18.9. The van der Waals surface area contributed by atoms with E-state index in [0.717, 1.165) is 24.0 Å². The summed E-state index contributed by atoms with van der Waals surface area (Å²) in [5.74, 6) is 3.24. The zero-order valence-electron chi connectivity index (χ0n) is 18.9. The number of hydrogen-bond acceptors (Lipinski definition) is 3. The maximum absolute atomic E-state index is 12.7. The molecule has 3 atom stereocenters. The number of terminal acetylenes is 1. The Balaban J connectivity index is 1.67. The lowest BCUT2D eigenvalue weighted by molar-refractivity contribution is -0.154. The van der Waals surface area contributed by atoms with Crippen molar-refractivity contribution in [2.45, 2.75) is 58.0 Å². The van der Waals surface area contributed by atoms with Gasteiger partial charge in [-0.1, -0.05) is 81.8 Å². The molecule has 2 aromatic carbocycles. The van der Waals surface area contributed by atoms with E-state index in [1.807, 2.05) is 30.3 Å². The van der Waals surface area contributed by atoms with Gasteiger partial charge in [0.2, 0.25) is 0 Å². The van der Waals surface area contributed by atoms with Gasteiger partial charge in [-0.15, -0.1) is 12.3 Å². The van der Waals surface area contributed by atoms with Gasteiger partial charge in [0, 0.05) is 18.6 Å². The number of rotatable bonds is 7. The van der Waals surface area contributed by atoms with Gasteiger partial charge in [0.1, 0.15) is 12.6 Å². The summed E-state index contributed by atoms with van der Waals surface area (Å²) in [6.07, 6.45) is 10.8. The van der Waals surface area contributed by atoms with Gasteiger partial charge in [-0.05, 0) is 40.9 Å². The van der Waals surface area contributed by atoms with Crippen molar-refractivity contribution in [2.75, 3.05) is 6.54 Å². The predicted octanol–water partition coefficient (Wildman–Crippen LogP) is 5.61. The van der Waals surface area contributed by atoms with Gasteiger partial charge in [0.05, 0.1) is 0 Å². The Hall–Kier alpha value is -2.86. The van der Waals surface area contributed by atoms with E-state index in [9.17, 15) is 4.79 Å². The summed E-state index contributed by atoms with van der Waals surface area (Å²) in [7, 11) is 0. The fourth-order valence-corrected chi connectivity index (χ4v) is 4.72. The van der Waals surface area contributed by atoms with Crippen LogP contribution in [-0.4, -0.2) is 24.8 Å². The van der Waals surface area contributed by atoms with Crippen LogP contribution in [0.3, 0.4) is 0 Å². The minimum Gasteiger partial charge on any atom is -0.461 e. The predicted molar refractivity (Wildman–Crippen MR) is 127 cm³/mol. The van der Waals surface area contributed by atoms with Crippen LogP contribution in [0.2, 0.25) is 0 Å². The smallest absolute Gasteiger partial charge is 0.327 e. The molecule has 0 saturated heterocycles. The monoisotopic (exact) mass is 415 g/mol. The average Bonchev–Trinajstić information content (AvgIpc) is 2.75. The third-order valence-electron chi connectivity index (χ3n) is 6.58. The molecule has 0 radical (unpaired) electrons. The second-order valence-electron chi connectivity index (χ2n) is 9.19. The van der Waals surface area contributed by atoms with Crippen LogP contribution in [0.4, 0.5) is 0 Å². The molecule has 0 aliphatic heterocycles. The Bertz CT molecular complexity index is 939. The van der Waals surface area contributed by atoms with Crippen LogP contribution < -0.4 is 0 Å². The highest BCUT2D eigenvalue weighted by atomic mass is 16.5. The van der Waals surface area contributed by atoms with Gasteiger partial charge >= 0.3 is 5.97 Å². The summed E-state index contributed by atoms with van der Waals surface area (Å²) >= 11 is 0. The number of nitrogens with zero attached hydrogens (tertiary/aromatic N) is 1. The van der Waals surface area contributed by atoms with E-state index in [2.05, 4.69) is 55.9 Å². The van der Waals surface area contributed by atoms with Gasteiger partial charge in [-0.2, -0.15) is 0 Å². The summed E-state index contributed by atoms with van der Waals surface area (Å²) in [6.45, 7) is 6.80. The summed E-state index contributed by atoms with van der Waals surface area (Å²) < 4.78 is 6.01. The van der Waals surface area contributed by atoms with Crippen LogP contribution in [0.1, 0.15) is 56.7 Å². The molecule has 0 aromatic heterocycles. The average molecular weight is 416 g/mol. The molecule has 0 N–H and O–H groups in total. The van der Waals surface area contributed by atoms with Crippen molar-refractivity contribution in [3.63, 3.8) is 0 Å². The summed E-state index contributed by atoms with van der Waals surface area (Å²) in [6, 6.07) is 18.4.